The quantitative estimate of drug-likeness (QED) is 0.811. The number of anilines is 1. The van der Waals surface area contributed by atoms with Gasteiger partial charge in [0.1, 0.15) is 0 Å². The van der Waals surface area contributed by atoms with Gasteiger partial charge in [0.05, 0.1) is 10.9 Å². The summed E-state index contributed by atoms with van der Waals surface area (Å²) < 4.78 is 1.38. The lowest BCUT2D eigenvalue weighted by Crippen LogP contribution is -2.31. The minimum absolute atomic E-state index is 0.154. The molecule has 0 aliphatic carbocycles. The second-order valence-electron chi connectivity index (χ2n) is 3.87. The summed E-state index contributed by atoms with van der Waals surface area (Å²) in [6.07, 6.45) is 0. The summed E-state index contributed by atoms with van der Waals surface area (Å²) in [7, 11) is 3.20. The summed E-state index contributed by atoms with van der Waals surface area (Å²) >= 11 is 0. The molecule has 0 radical (unpaired) electrons. The summed E-state index contributed by atoms with van der Waals surface area (Å²) in [6.45, 7) is 9.43. The number of benzene rings is 1. The van der Waals surface area contributed by atoms with E-state index in [1.807, 2.05) is 33.8 Å². The molecule has 0 aliphatic heterocycles. The molecule has 2 aromatic rings. The van der Waals surface area contributed by atoms with Crippen LogP contribution in [0.15, 0.2) is 29.1 Å². The third kappa shape index (κ3) is 4.15. The Bertz CT molecular complexity index is 648. The number of rotatable bonds is 1. The Hall–Kier alpha value is -2.17. The molecule has 0 aliphatic rings. The highest BCUT2D eigenvalue weighted by Gasteiger charge is 2.13. The average molecular weight is 291 g/mol. The molecule has 1 aromatic heterocycles. The Labute approximate surface area is 126 Å². The molecule has 2 rings (SSSR count). The summed E-state index contributed by atoms with van der Waals surface area (Å²) in [4.78, 5) is 29.1. The molecule has 1 aromatic carbocycles. The first-order chi connectivity index (χ1) is 10.0. The number of carbonyl (C=O) groups is 1. The van der Waals surface area contributed by atoms with E-state index in [4.69, 9.17) is 0 Å². The molecule has 0 N–H and O–H groups in total. The molecule has 0 saturated heterocycles. The first-order valence-corrected chi connectivity index (χ1v) is 7.22. The molecular formula is C16H25N3O2. The van der Waals surface area contributed by atoms with Gasteiger partial charge < -0.3 is 0 Å². The third-order valence-corrected chi connectivity index (χ3v) is 2.73. The van der Waals surface area contributed by atoms with Crippen LogP contribution in [0, 0.1) is 0 Å². The summed E-state index contributed by atoms with van der Waals surface area (Å²) in [5.41, 5.74) is 0.442. The molecule has 1 amide bonds. The van der Waals surface area contributed by atoms with Crippen molar-refractivity contribution >= 4 is 22.8 Å². The highest BCUT2D eigenvalue weighted by Crippen LogP contribution is 2.12. The van der Waals surface area contributed by atoms with Crippen LogP contribution in [-0.4, -0.2) is 22.5 Å². The van der Waals surface area contributed by atoms with Crippen LogP contribution in [0.2, 0.25) is 0 Å². The number of nitrogens with zero attached hydrogens (tertiary/aromatic N) is 3. The van der Waals surface area contributed by atoms with E-state index in [-0.39, 0.29) is 11.5 Å². The molecule has 0 fully saturated rings. The van der Waals surface area contributed by atoms with Crippen LogP contribution in [0.25, 0.3) is 10.9 Å². The highest BCUT2D eigenvalue weighted by molar-refractivity contribution is 5.90. The maximum Gasteiger partial charge on any atom is 0.262 e. The first-order valence-electron chi connectivity index (χ1n) is 7.22. The second kappa shape index (κ2) is 8.89. The van der Waals surface area contributed by atoms with Crippen LogP contribution >= 0.6 is 0 Å². The van der Waals surface area contributed by atoms with E-state index in [2.05, 4.69) is 4.98 Å². The fraction of sp³-hybridized carbons (Fsp3) is 0.438. The van der Waals surface area contributed by atoms with Gasteiger partial charge in [-0.05, 0) is 12.1 Å². The van der Waals surface area contributed by atoms with Gasteiger partial charge in [-0.3, -0.25) is 19.1 Å². The van der Waals surface area contributed by atoms with Gasteiger partial charge in [-0.1, -0.05) is 39.8 Å². The van der Waals surface area contributed by atoms with Crippen LogP contribution in [0.4, 0.5) is 5.95 Å². The Morgan fingerprint density at radius 2 is 1.67 bits per heavy atom. The second-order valence-corrected chi connectivity index (χ2v) is 3.87. The Morgan fingerprint density at radius 1 is 1.14 bits per heavy atom. The van der Waals surface area contributed by atoms with Gasteiger partial charge in [-0.25, -0.2) is 4.98 Å². The number of aromatic nitrogens is 2. The lowest BCUT2D eigenvalue weighted by atomic mass is 10.2. The van der Waals surface area contributed by atoms with E-state index < -0.39 is 0 Å². The number of fused-ring (bicyclic) bond motifs is 1. The molecule has 21 heavy (non-hydrogen) atoms. The van der Waals surface area contributed by atoms with Gasteiger partial charge in [-0.15, -0.1) is 0 Å². The van der Waals surface area contributed by atoms with Crippen LogP contribution in [0.3, 0.4) is 0 Å². The van der Waals surface area contributed by atoms with Crippen LogP contribution in [0.5, 0.6) is 0 Å². The zero-order valence-corrected chi connectivity index (χ0v) is 14.0. The fourth-order valence-corrected chi connectivity index (χ4v) is 1.65. The van der Waals surface area contributed by atoms with E-state index in [1.54, 1.807) is 32.3 Å². The van der Waals surface area contributed by atoms with Gasteiger partial charge in [-0.2, -0.15) is 0 Å². The van der Waals surface area contributed by atoms with Crippen molar-refractivity contribution in [3.8, 4) is 0 Å². The van der Waals surface area contributed by atoms with Crippen molar-refractivity contribution in [2.24, 2.45) is 7.05 Å². The molecule has 1 heterocycles. The van der Waals surface area contributed by atoms with E-state index in [0.717, 1.165) is 0 Å². The number of hydrogen-bond donors (Lipinski definition) is 0. The monoisotopic (exact) mass is 291 g/mol. The maximum atomic E-state index is 12.1. The van der Waals surface area contributed by atoms with Gasteiger partial charge in [0.2, 0.25) is 11.9 Å². The molecular weight excluding hydrogens is 266 g/mol. The smallest absolute Gasteiger partial charge is 0.262 e. The zero-order chi connectivity index (χ0) is 16.6. The molecule has 116 valence electrons. The fourth-order valence-electron chi connectivity index (χ4n) is 1.65. The minimum atomic E-state index is -0.164. The summed E-state index contributed by atoms with van der Waals surface area (Å²) in [6, 6.07) is 7.09. The number of hydrogen-bond acceptors (Lipinski definition) is 3. The summed E-state index contributed by atoms with van der Waals surface area (Å²) in [5, 5.41) is 0.552. The van der Waals surface area contributed by atoms with Gasteiger partial charge >= 0.3 is 0 Å². The normalized spacial score (nSPS) is 9.10. The molecule has 0 atom stereocenters. The van der Waals surface area contributed by atoms with Crippen molar-refractivity contribution in [1.29, 1.82) is 0 Å². The van der Waals surface area contributed by atoms with Crippen molar-refractivity contribution in [2.75, 3.05) is 11.9 Å². The summed E-state index contributed by atoms with van der Waals surface area (Å²) in [5.74, 6) is 0.184. The largest absolute Gasteiger partial charge is 0.285 e. The van der Waals surface area contributed by atoms with Gasteiger partial charge in [0.25, 0.3) is 5.56 Å². The van der Waals surface area contributed by atoms with Crippen LogP contribution < -0.4 is 10.5 Å². The predicted molar refractivity (Wildman–Crippen MR) is 88.8 cm³/mol. The van der Waals surface area contributed by atoms with Crippen LogP contribution in [-0.2, 0) is 11.8 Å². The van der Waals surface area contributed by atoms with Gasteiger partial charge in [0.15, 0.2) is 0 Å². The van der Waals surface area contributed by atoms with E-state index in [9.17, 15) is 9.59 Å². The Balaban J connectivity index is 0.000000921. The predicted octanol–water partition coefficient (Wildman–Crippen LogP) is 2.97. The highest BCUT2D eigenvalue weighted by atomic mass is 16.2. The Kier molecular flexibility index (Phi) is 7.97. The zero-order valence-electron chi connectivity index (χ0n) is 14.0. The minimum Gasteiger partial charge on any atom is -0.285 e. The average Bonchev–Trinajstić information content (AvgIpc) is 2.54. The first kappa shape index (κ1) is 18.8. The lowest BCUT2D eigenvalue weighted by Gasteiger charge is -2.17. The van der Waals surface area contributed by atoms with Crippen molar-refractivity contribution in [3.05, 3.63) is 34.6 Å². The van der Waals surface area contributed by atoms with E-state index in [0.29, 0.717) is 16.9 Å². The molecule has 5 nitrogen and oxygen atoms in total. The number of carbonyl (C=O) groups excluding carboxylic acids is 1. The molecule has 0 bridgehead atoms. The van der Waals surface area contributed by atoms with Crippen molar-refractivity contribution in [1.82, 2.24) is 9.55 Å². The Morgan fingerprint density at radius 3 is 2.19 bits per heavy atom. The van der Waals surface area contributed by atoms with Crippen molar-refractivity contribution in [3.63, 3.8) is 0 Å². The molecule has 0 saturated carbocycles. The maximum absolute atomic E-state index is 12.1. The van der Waals surface area contributed by atoms with Gasteiger partial charge in [0, 0.05) is 21.0 Å². The van der Waals surface area contributed by atoms with Crippen molar-refractivity contribution in [2.45, 2.75) is 34.6 Å². The topological polar surface area (TPSA) is 55.2 Å². The van der Waals surface area contributed by atoms with E-state index in [1.165, 1.54) is 16.4 Å². The standard InChI is InChI=1S/C12H13N3O2.2C2H6/c1-8(16)14(2)12-13-10-7-5-4-6-9(10)11(17)15(12)3;2*1-2/h4-7H,1-3H3;2*1-2H3. The third-order valence-electron chi connectivity index (χ3n) is 2.73. The van der Waals surface area contributed by atoms with Crippen LogP contribution in [0.1, 0.15) is 34.6 Å². The number of para-hydroxylation sites is 1. The number of amides is 1. The van der Waals surface area contributed by atoms with Crippen molar-refractivity contribution < 1.29 is 4.79 Å². The SMILES string of the molecule is CC.CC.CC(=O)N(C)c1nc2ccccc2c(=O)n1C. The molecule has 0 unspecified atom stereocenters. The van der Waals surface area contributed by atoms with E-state index >= 15 is 0 Å². The molecule has 0 spiro atoms. The lowest BCUT2D eigenvalue weighted by molar-refractivity contribution is -0.116. The molecule has 5 heteroatoms.